The van der Waals surface area contributed by atoms with Crippen molar-refractivity contribution in [2.75, 3.05) is 26.7 Å². The molecule has 0 radical (unpaired) electrons. The smallest absolute Gasteiger partial charge is 0.167 e. The summed E-state index contributed by atoms with van der Waals surface area (Å²) in [6.07, 6.45) is 1.33. The number of benzene rings is 3. The molecule has 1 saturated heterocycles. The summed E-state index contributed by atoms with van der Waals surface area (Å²) in [7, 11) is 1.62. The van der Waals surface area contributed by atoms with Gasteiger partial charge in [0.1, 0.15) is 5.75 Å². The first-order valence-corrected chi connectivity index (χ1v) is 11.7. The van der Waals surface area contributed by atoms with Crippen molar-refractivity contribution in [3.05, 3.63) is 78.4 Å². The van der Waals surface area contributed by atoms with Crippen LogP contribution in [-0.4, -0.2) is 53.2 Å². The first-order chi connectivity index (χ1) is 16.1. The van der Waals surface area contributed by atoms with Gasteiger partial charge in [0.25, 0.3) is 0 Å². The fourth-order valence-corrected chi connectivity index (χ4v) is 5.21. The molecule has 0 spiro atoms. The number of aliphatic hydroxyl groups excluding tert-OH is 1. The van der Waals surface area contributed by atoms with Gasteiger partial charge in [-0.05, 0) is 43.7 Å². The van der Waals surface area contributed by atoms with E-state index in [2.05, 4.69) is 45.9 Å². The Balaban J connectivity index is 1.29. The molecule has 0 saturated carbocycles. The molecule has 3 aromatic carbocycles. The lowest BCUT2D eigenvalue weighted by molar-refractivity contribution is 0.0634. The van der Waals surface area contributed by atoms with Crippen LogP contribution in [0.15, 0.2) is 72.8 Å². The number of ether oxygens (including phenoxy) is 1. The maximum Gasteiger partial charge on any atom is 0.167 e. The molecule has 170 valence electrons. The van der Waals surface area contributed by atoms with Crippen molar-refractivity contribution in [3.63, 3.8) is 0 Å². The molecule has 0 amide bonds. The Kier molecular flexibility index (Phi) is 6.16. The van der Waals surface area contributed by atoms with Crippen LogP contribution >= 0.6 is 0 Å². The minimum atomic E-state index is -0.519. The summed E-state index contributed by atoms with van der Waals surface area (Å²) in [4.78, 5) is 15.3. The van der Waals surface area contributed by atoms with Crippen LogP contribution in [0.25, 0.3) is 21.8 Å². The second-order valence-corrected chi connectivity index (χ2v) is 8.99. The number of hydrogen-bond donors (Lipinski definition) is 1. The quantitative estimate of drug-likeness (QED) is 0.420. The Morgan fingerprint density at radius 3 is 2.39 bits per heavy atom. The van der Waals surface area contributed by atoms with Crippen LogP contribution in [0, 0.1) is 5.92 Å². The Labute approximate surface area is 194 Å². The number of para-hydroxylation sites is 2. The summed E-state index contributed by atoms with van der Waals surface area (Å²) in [6, 6.07) is 24.1. The monoisotopic (exact) mass is 442 g/mol. The van der Waals surface area contributed by atoms with Crippen LogP contribution in [0.1, 0.15) is 23.2 Å². The van der Waals surface area contributed by atoms with Gasteiger partial charge in [0.05, 0.1) is 19.8 Å². The zero-order valence-electron chi connectivity index (χ0n) is 19.0. The van der Waals surface area contributed by atoms with E-state index in [1.54, 1.807) is 7.11 Å². The molecule has 1 aliphatic rings. The lowest BCUT2D eigenvalue weighted by Gasteiger charge is -2.33. The average molecular weight is 443 g/mol. The zero-order valence-corrected chi connectivity index (χ0v) is 19.0. The number of aliphatic hydroxyl groups is 1. The molecule has 2 atom stereocenters. The Morgan fingerprint density at radius 2 is 1.70 bits per heavy atom. The number of likely N-dealkylation sites (tertiary alicyclic amines) is 1. The summed E-state index contributed by atoms with van der Waals surface area (Å²) in [6.45, 7) is 2.67. The van der Waals surface area contributed by atoms with Gasteiger partial charge in [0.2, 0.25) is 0 Å². The van der Waals surface area contributed by atoms with E-state index in [1.807, 2.05) is 36.4 Å². The number of carbonyl (C=O) groups is 1. The lowest BCUT2D eigenvalue weighted by atomic mass is 9.90. The number of β-amino-alcohol motifs (C(OH)–C–C–N with tert-alkyl or cyclic N) is 1. The highest BCUT2D eigenvalue weighted by molar-refractivity contribution is 6.08. The van der Waals surface area contributed by atoms with Crippen molar-refractivity contribution in [2.45, 2.75) is 25.5 Å². The van der Waals surface area contributed by atoms with Crippen LogP contribution in [0.4, 0.5) is 0 Å². The molecule has 1 fully saturated rings. The Bertz CT molecular complexity index is 1230. The molecule has 33 heavy (non-hydrogen) atoms. The highest BCUT2D eigenvalue weighted by Crippen LogP contribution is 2.29. The number of ketones is 1. The molecule has 2 heterocycles. The second kappa shape index (κ2) is 9.38. The molecule has 1 aromatic heterocycles. The van der Waals surface area contributed by atoms with E-state index in [0.717, 1.165) is 30.4 Å². The van der Waals surface area contributed by atoms with Crippen LogP contribution in [-0.2, 0) is 6.54 Å². The van der Waals surface area contributed by atoms with Gasteiger partial charge in [-0.15, -0.1) is 0 Å². The van der Waals surface area contributed by atoms with Crippen molar-refractivity contribution in [2.24, 2.45) is 5.92 Å². The second-order valence-electron chi connectivity index (χ2n) is 8.99. The number of aromatic nitrogens is 1. The number of piperidine rings is 1. The van der Waals surface area contributed by atoms with Crippen molar-refractivity contribution in [3.8, 4) is 5.75 Å². The predicted molar refractivity (Wildman–Crippen MR) is 132 cm³/mol. The van der Waals surface area contributed by atoms with E-state index >= 15 is 0 Å². The standard InChI is InChI=1S/C28H30N2O3/c1-33-23-10-6-8-20(16-23)28(32)21-9-7-15-29(17-21)18-22(31)19-30-26-13-4-2-11-24(26)25-12-3-5-14-27(25)30/h2-6,8,10-14,16,21-22,31H,7,9,15,17-19H2,1H3. The predicted octanol–water partition coefficient (Wildman–Crippen LogP) is 4.76. The van der Waals surface area contributed by atoms with Gasteiger partial charge in [-0.2, -0.15) is 0 Å². The van der Waals surface area contributed by atoms with Crippen LogP contribution in [0.5, 0.6) is 5.75 Å². The van der Waals surface area contributed by atoms with Crippen LogP contribution in [0.2, 0.25) is 0 Å². The molecular formula is C28H30N2O3. The summed E-state index contributed by atoms with van der Waals surface area (Å²) in [5.41, 5.74) is 2.98. The number of fused-ring (bicyclic) bond motifs is 3. The molecular weight excluding hydrogens is 412 g/mol. The molecule has 1 N–H and O–H groups in total. The van der Waals surface area contributed by atoms with Crippen LogP contribution < -0.4 is 4.74 Å². The summed E-state index contributed by atoms with van der Waals surface area (Å²) >= 11 is 0. The van der Waals surface area contributed by atoms with E-state index in [1.165, 1.54) is 10.8 Å². The minimum Gasteiger partial charge on any atom is -0.497 e. The maximum absolute atomic E-state index is 13.1. The molecule has 4 aromatic rings. The third kappa shape index (κ3) is 4.39. The Hall–Kier alpha value is -3.15. The normalized spacial score (nSPS) is 17.9. The van der Waals surface area contributed by atoms with Gasteiger partial charge in [-0.1, -0.05) is 48.5 Å². The highest BCUT2D eigenvalue weighted by atomic mass is 16.5. The van der Waals surface area contributed by atoms with Gasteiger partial charge in [0, 0.05) is 46.4 Å². The number of carbonyl (C=O) groups excluding carboxylic acids is 1. The first-order valence-electron chi connectivity index (χ1n) is 11.7. The molecule has 1 aliphatic heterocycles. The van der Waals surface area contributed by atoms with Gasteiger partial charge in [-0.25, -0.2) is 0 Å². The number of Topliss-reactive ketones (excluding diaryl/α,β-unsaturated/α-hetero) is 1. The fraction of sp³-hybridized carbons (Fsp3) is 0.321. The fourth-order valence-electron chi connectivity index (χ4n) is 5.21. The van der Waals surface area contributed by atoms with E-state index in [-0.39, 0.29) is 11.7 Å². The van der Waals surface area contributed by atoms with E-state index < -0.39 is 6.10 Å². The van der Waals surface area contributed by atoms with Crippen molar-refractivity contribution >= 4 is 27.6 Å². The Morgan fingerprint density at radius 1 is 1.00 bits per heavy atom. The number of hydrogen-bond acceptors (Lipinski definition) is 4. The molecule has 5 heteroatoms. The largest absolute Gasteiger partial charge is 0.497 e. The SMILES string of the molecule is COc1cccc(C(=O)C2CCCN(CC(O)Cn3c4ccccc4c4ccccc43)C2)c1. The summed E-state index contributed by atoms with van der Waals surface area (Å²) < 4.78 is 7.50. The summed E-state index contributed by atoms with van der Waals surface area (Å²) in [5, 5.41) is 13.5. The van der Waals surface area contributed by atoms with Gasteiger partial charge >= 0.3 is 0 Å². The van der Waals surface area contributed by atoms with Gasteiger partial charge in [-0.3, -0.25) is 9.69 Å². The topological polar surface area (TPSA) is 54.7 Å². The van der Waals surface area contributed by atoms with Crippen molar-refractivity contribution in [1.29, 1.82) is 0 Å². The molecule has 0 bridgehead atoms. The zero-order chi connectivity index (χ0) is 22.8. The maximum atomic E-state index is 13.1. The number of nitrogens with zero attached hydrogens (tertiary/aromatic N) is 2. The van der Waals surface area contributed by atoms with Crippen molar-refractivity contribution in [1.82, 2.24) is 9.47 Å². The van der Waals surface area contributed by atoms with Crippen molar-refractivity contribution < 1.29 is 14.6 Å². The van der Waals surface area contributed by atoms with E-state index in [9.17, 15) is 9.90 Å². The third-order valence-corrected chi connectivity index (χ3v) is 6.77. The van der Waals surface area contributed by atoms with E-state index in [0.29, 0.717) is 30.9 Å². The number of rotatable bonds is 7. The molecule has 5 nitrogen and oxygen atoms in total. The first kappa shape index (κ1) is 21.7. The molecule has 2 unspecified atom stereocenters. The number of methoxy groups -OCH3 is 1. The minimum absolute atomic E-state index is 0.0497. The summed E-state index contributed by atoms with van der Waals surface area (Å²) in [5.74, 6) is 0.817. The highest BCUT2D eigenvalue weighted by Gasteiger charge is 2.28. The average Bonchev–Trinajstić information content (AvgIpc) is 3.17. The molecule has 5 rings (SSSR count). The van der Waals surface area contributed by atoms with Gasteiger partial charge in [0.15, 0.2) is 5.78 Å². The van der Waals surface area contributed by atoms with Crippen LogP contribution in [0.3, 0.4) is 0 Å². The van der Waals surface area contributed by atoms with E-state index in [4.69, 9.17) is 4.74 Å². The lowest BCUT2D eigenvalue weighted by Crippen LogP contribution is -2.43. The third-order valence-electron chi connectivity index (χ3n) is 6.77. The molecule has 0 aliphatic carbocycles. The van der Waals surface area contributed by atoms with Gasteiger partial charge < -0.3 is 14.4 Å².